The van der Waals surface area contributed by atoms with Crippen LogP contribution in [0.5, 0.6) is 0 Å². The lowest BCUT2D eigenvalue weighted by Gasteiger charge is -2.28. The molecule has 4 atom stereocenters. The van der Waals surface area contributed by atoms with Gasteiger partial charge < -0.3 is 5.32 Å². The molecule has 0 aromatic carbocycles. The zero-order chi connectivity index (χ0) is 12.7. The Bertz CT molecular complexity index is 454. The highest BCUT2D eigenvalue weighted by Gasteiger charge is 2.42. The topological polar surface area (TPSA) is 46.9 Å². The van der Waals surface area contributed by atoms with Crippen molar-refractivity contribution in [1.29, 1.82) is 0 Å². The molecule has 2 saturated carbocycles. The van der Waals surface area contributed by atoms with Crippen LogP contribution in [0.1, 0.15) is 43.1 Å². The molecule has 0 radical (unpaired) electrons. The predicted octanol–water partition coefficient (Wildman–Crippen LogP) is 1.97. The molecule has 18 heavy (non-hydrogen) atoms. The Morgan fingerprint density at radius 3 is 2.89 bits per heavy atom. The van der Waals surface area contributed by atoms with Crippen molar-refractivity contribution in [2.75, 3.05) is 0 Å². The Morgan fingerprint density at radius 1 is 1.50 bits per heavy atom. The van der Waals surface area contributed by atoms with Gasteiger partial charge in [0.15, 0.2) is 0 Å². The van der Waals surface area contributed by atoms with Crippen molar-refractivity contribution >= 4 is 5.91 Å². The van der Waals surface area contributed by atoms with Gasteiger partial charge in [0, 0.05) is 19.3 Å². The molecule has 98 valence electrons. The second-order valence-corrected chi connectivity index (χ2v) is 5.98. The molecular weight excluding hydrogens is 226 g/mol. The summed E-state index contributed by atoms with van der Waals surface area (Å²) in [5.41, 5.74) is 0.521. The quantitative estimate of drug-likeness (QED) is 0.887. The van der Waals surface area contributed by atoms with Crippen molar-refractivity contribution in [2.24, 2.45) is 24.8 Å². The maximum Gasteiger partial charge on any atom is 0.271 e. The molecule has 3 rings (SSSR count). The fourth-order valence-electron chi connectivity index (χ4n) is 3.83. The van der Waals surface area contributed by atoms with Crippen molar-refractivity contribution < 1.29 is 4.79 Å². The molecular formula is C14H21N3O. The Balaban J connectivity index is 1.61. The molecule has 0 saturated heterocycles. The molecule has 4 nitrogen and oxygen atoms in total. The van der Waals surface area contributed by atoms with Gasteiger partial charge in [-0.1, -0.05) is 6.42 Å². The summed E-state index contributed by atoms with van der Waals surface area (Å²) in [5.74, 6) is 2.41. The Kier molecular flexibility index (Phi) is 2.88. The number of rotatable bonds is 3. The minimum atomic E-state index is -0.0362. The van der Waals surface area contributed by atoms with Crippen LogP contribution in [0, 0.1) is 17.8 Å². The molecule has 1 N–H and O–H groups in total. The molecule has 4 heteroatoms. The number of carbonyl (C=O) groups is 1. The first-order chi connectivity index (χ1) is 8.63. The van der Waals surface area contributed by atoms with Gasteiger partial charge in [-0.05, 0) is 50.0 Å². The highest BCUT2D eigenvalue weighted by Crippen LogP contribution is 2.49. The predicted molar refractivity (Wildman–Crippen MR) is 69.1 cm³/mol. The first kappa shape index (κ1) is 11.8. The largest absolute Gasteiger partial charge is 0.348 e. The lowest BCUT2D eigenvalue weighted by molar-refractivity contribution is 0.0909. The normalized spacial score (nSPS) is 31.6. The number of hydrogen-bond acceptors (Lipinski definition) is 2. The summed E-state index contributed by atoms with van der Waals surface area (Å²) in [7, 11) is 1.83. The average Bonchev–Trinajstić information content (AvgIpc) is 3.03. The molecule has 1 aromatic heterocycles. The fraction of sp³-hybridized carbons (Fsp3) is 0.714. The van der Waals surface area contributed by atoms with Crippen LogP contribution < -0.4 is 5.32 Å². The molecule has 1 amide bonds. The van der Waals surface area contributed by atoms with Gasteiger partial charge in [-0.15, -0.1) is 0 Å². The maximum absolute atomic E-state index is 12.0. The third-order valence-corrected chi connectivity index (χ3v) is 4.74. The van der Waals surface area contributed by atoms with E-state index >= 15 is 0 Å². The van der Waals surface area contributed by atoms with Gasteiger partial charge >= 0.3 is 0 Å². The van der Waals surface area contributed by atoms with E-state index in [2.05, 4.69) is 17.3 Å². The average molecular weight is 247 g/mol. The summed E-state index contributed by atoms with van der Waals surface area (Å²) in [4.78, 5) is 12.0. The highest BCUT2D eigenvalue weighted by atomic mass is 16.2. The lowest BCUT2D eigenvalue weighted by Crippen LogP contribution is -2.40. The summed E-state index contributed by atoms with van der Waals surface area (Å²) < 4.78 is 1.66. The SMILES string of the molecule is C[C@@H](NC(=O)c1ccn(C)n1)[C@@H]1C[C@@H]2CC[C@@H]1C2. The number of fused-ring (bicyclic) bond motifs is 2. The van der Waals surface area contributed by atoms with Gasteiger partial charge in [0.25, 0.3) is 5.91 Å². The van der Waals surface area contributed by atoms with Crippen molar-refractivity contribution in [1.82, 2.24) is 15.1 Å². The van der Waals surface area contributed by atoms with E-state index in [-0.39, 0.29) is 11.9 Å². The molecule has 2 aliphatic rings. The van der Waals surface area contributed by atoms with Gasteiger partial charge in [0.2, 0.25) is 0 Å². The molecule has 2 aliphatic carbocycles. The second kappa shape index (κ2) is 4.41. The standard InChI is InChI=1S/C14H21N3O/c1-9(12-8-10-3-4-11(12)7-10)15-14(18)13-5-6-17(2)16-13/h5-6,9-12H,3-4,7-8H2,1-2H3,(H,15,18)/t9-,10-,11-,12+/m1/s1. The number of nitrogens with zero attached hydrogens (tertiary/aromatic N) is 2. The van der Waals surface area contributed by atoms with E-state index in [1.54, 1.807) is 16.9 Å². The minimum Gasteiger partial charge on any atom is -0.348 e. The Labute approximate surface area is 108 Å². The summed E-state index contributed by atoms with van der Waals surface area (Å²) in [6, 6.07) is 2.04. The van der Waals surface area contributed by atoms with Gasteiger partial charge in [-0.25, -0.2) is 0 Å². The van der Waals surface area contributed by atoms with E-state index in [9.17, 15) is 4.79 Å². The van der Waals surface area contributed by atoms with Gasteiger partial charge in [0.1, 0.15) is 5.69 Å². The van der Waals surface area contributed by atoms with Crippen LogP contribution in [0.2, 0.25) is 0 Å². The van der Waals surface area contributed by atoms with E-state index in [0.29, 0.717) is 11.6 Å². The fourth-order valence-corrected chi connectivity index (χ4v) is 3.83. The van der Waals surface area contributed by atoms with E-state index in [1.165, 1.54) is 25.7 Å². The number of aryl methyl sites for hydroxylation is 1. The Hall–Kier alpha value is -1.32. The van der Waals surface area contributed by atoms with E-state index < -0.39 is 0 Å². The molecule has 0 spiro atoms. The summed E-state index contributed by atoms with van der Waals surface area (Å²) >= 11 is 0. The lowest BCUT2D eigenvalue weighted by atomic mass is 9.84. The monoisotopic (exact) mass is 247 g/mol. The summed E-state index contributed by atoms with van der Waals surface area (Å²) in [6.45, 7) is 2.15. The van der Waals surface area contributed by atoms with Crippen molar-refractivity contribution in [3.05, 3.63) is 18.0 Å². The maximum atomic E-state index is 12.0. The van der Waals surface area contributed by atoms with Crippen molar-refractivity contribution in [3.8, 4) is 0 Å². The van der Waals surface area contributed by atoms with Crippen molar-refractivity contribution in [2.45, 2.75) is 38.6 Å². The number of hydrogen-bond donors (Lipinski definition) is 1. The molecule has 0 aliphatic heterocycles. The van der Waals surface area contributed by atoms with Crippen LogP contribution in [0.3, 0.4) is 0 Å². The highest BCUT2D eigenvalue weighted by molar-refractivity contribution is 5.92. The van der Waals surface area contributed by atoms with Crippen LogP contribution in [0.25, 0.3) is 0 Å². The number of aromatic nitrogens is 2. The molecule has 1 aromatic rings. The van der Waals surface area contributed by atoms with Crippen molar-refractivity contribution in [3.63, 3.8) is 0 Å². The summed E-state index contributed by atoms with van der Waals surface area (Å²) in [6.07, 6.45) is 7.25. The number of nitrogens with one attached hydrogen (secondary N) is 1. The van der Waals surface area contributed by atoms with Crippen LogP contribution in [-0.4, -0.2) is 21.7 Å². The number of carbonyl (C=O) groups excluding carboxylic acids is 1. The van der Waals surface area contributed by atoms with E-state index in [1.807, 2.05) is 7.05 Å². The second-order valence-electron chi connectivity index (χ2n) is 5.98. The smallest absolute Gasteiger partial charge is 0.271 e. The van der Waals surface area contributed by atoms with Gasteiger partial charge in [-0.2, -0.15) is 5.10 Å². The van der Waals surface area contributed by atoms with Crippen LogP contribution in [0.4, 0.5) is 0 Å². The van der Waals surface area contributed by atoms with Crippen LogP contribution in [0.15, 0.2) is 12.3 Å². The van der Waals surface area contributed by atoms with Crippen LogP contribution in [-0.2, 0) is 7.05 Å². The minimum absolute atomic E-state index is 0.0362. The Morgan fingerprint density at radius 2 is 2.33 bits per heavy atom. The molecule has 1 heterocycles. The summed E-state index contributed by atoms with van der Waals surface area (Å²) in [5, 5.41) is 7.26. The van der Waals surface area contributed by atoms with Crippen LogP contribution >= 0.6 is 0 Å². The first-order valence-corrected chi connectivity index (χ1v) is 6.94. The third kappa shape index (κ3) is 2.04. The zero-order valence-corrected chi connectivity index (χ0v) is 11.1. The van der Waals surface area contributed by atoms with E-state index in [0.717, 1.165) is 11.8 Å². The van der Waals surface area contributed by atoms with Gasteiger partial charge in [-0.3, -0.25) is 9.48 Å². The van der Waals surface area contributed by atoms with Gasteiger partial charge in [0.05, 0.1) is 0 Å². The molecule has 0 unspecified atom stereocenters. The number of amides is 1. The third-order valence-electron chi connectivity index (χ3n) is 4.74. The van der Waals surface area contributed by atoms with E-state index in [4.69, 9.17) is 0 Å². The zero-order valence-electron chi connectivity index (χ0n) is 11.1. The first-order valence-electron chi connectivity index (χ1n) is 6.94. The molecule has 2 fully saturated rings. The molecule has 2 bridgehead atoms.